The van der Waals surface area contributed by atoms with Crippen molar-refractivity contribution in [2.45, 2.75) is 57.4 Å². The summed E-state index contributed by atoms with van der Waals surface area (Å²) < 4.78 is 0. The number of carbonyl (C=O) groups is 2. The van der Waals surface area contributed by atoms with Gasteiger partial charge in [-0.3, -0.25) is 9.59 Å². The third-order valence-electron chi connectivity index (χ3n) is 4.32. The maximum atomic E-state index is 11.9. The third kappa shape index (κ3) is 5.88. The topological polar surface area (TPSA) is 66.4 Å². The summed E-state index contributed by atoms with van der Waals surface area (Å²) in [5, 5.41) is 11.7. The summed E-state index contributed by atoms with van der Waals surface area (Å²) in [6.45, 7) is 0. The summed E-state index contributed by atoms with van der Waals surface area (Å²) in [5.74, 6) is -0.0737. The third-order valence-corrected chi connectivity index (χ3v) is 4.32. The van der Waals surface area contributed by atoms with Crippen LogP contribution in [0.25, 0.3) is 0 Å². The molecule has 2 atom stereocenters. The molecule has 1 amide bonds. The lowest BCUT2D eigenvalue weighted by Crippen LogP contribution is -2.32. The van der Waals surface area contributed by atoms with Gasteiger partial charge in [0.05, 0.1) is 0 Å². The van der Waals surface area contributed by atoms with Gasteiger partial charge in [-0.2, -0.15) is 0 Å². The van der Waals surface area contributed by atoms with Crippen molar-refractivity contribution >= 4 is 11.9 Å². The summed E-state index contributed by atoms with van der Waals surface area (Å²) in [6, 6.07) is 10.8. The molecule has 0 bridgehead atoms. The number of benzene rings is 1. The molecule has 0 radical (unpaired) electrons. The van der Waals surface area contributed by atoms with Gasteiger partial charge in [-0.15, -0.1) is 0 Å². The van der Waals surface area contributed by atoms with Crippen molar-refractivity contribution in [2.75, 3.05) is 0 Å². The van der Waals surface area contributed by atoms with Crippen LogP contribution in [0.1, 0.15) is 50.5 Å². The maximum absolute atomic E-state index is 11.9. The predicted octanol–water partition coefficient (Wildman–Crippen LogP) is 3.16. The van der Waals surface area contributed by atoms with Gasteiger partial charge in [0.25, 0.3) is 0 Å². The average molecular weight is 303 g/mol. The molecular formula is C18H25NO3. The van der Waals surface area contributed by atoms with Gasteiger partial charge in [-0.1, -0.05) is 30.3 Å². The number of unbranched alkanes of at least 4 members (excludes halogenated alkanes) is 1. The van der Waals surface area contributed by atoms with Gasteiger partial charge in [0.15, 0.2) is 0 Å². The highest BCUT2D eigenvalue weighted by Gasteiger charge is 2.25. The van der Waals surface area contributed by atoms with Crippen LogP contribution in [-0.2, 0) is 16.0 Å². The average Bonchev–Trinajstić information content (AvgIpc) is 2.91. The van der Waals surface area contributed by atoms with Crippen LogP contribution in [0, 0.1) is 5.92 Å². The molecule has 0 aliphatic heterocycles. The highest BCUT2D eigenvalue weighted by atomic mass is 16.4. The smallest absolute Gasteiger partial charge is 0.303 e. The molecular weight excluding hydrogens is 278 g/mol. The number of hydrogen-bond donors (Lipinski definition) is 2. The SMILES string of the molecule is O=C(O)CCCCC(=O)NC1CCC(Cc2ccccc2)C1. The second-order valence-corrected chi connectivity index (χ2v) is 6.23. The number of amides is 1. The molecule has 1 saturated carbocycles. The Kier molecular flexibility index (Phi) is 6.44. The van der Waals surface area contributed by atoms with E-state index >= 15 is 0 Å². The zero-order valence-corrected chi connectivity index (χ0v) is 13.0. The number of carboxylic acid groups (broad SMARTS) is 1. The van der Waals surface area contributed by atoms with Crippen molar-refractivity contribution in [3.8, 4) is 0 Å². The van der Waals surface area contributed by atoms with E-state index in [9.17, 15) is 9.59 Å². The molecule has 0 spiro atoms. The van der Waals surface area contributed by atoms with Crippen LogP contribution in [0.3, 0.4) is 0 Å². The van der Waals surface area contributed by atoms with E-state index in [1.807, 2.05) is 6.07 Å². The van der Waals surface area contributed by atoms with Crippen molar-refractivity contribution in [1.29, 1.82) is 0 Å². The molecule has 2 unspecified atom stereocenters. The van der Waals surface area contributed by atoms with Crippen molar-refractivity contribution < 1.29 is 14.7 Å². The van der Waals surface area contributed by atoms with Crippen LogP contribution in [-0.4, -0.2) is 23.0 Å². The van der Waals surface area contributed by atoms with Crippen molar-refractivity contribution in [3.05, 3.63) is 35.9 Å². The Morgan fingerprint density at radius 2 is 1.82 bits per heavy atom. The number of rotatable bonds is 8. The zero-order valence-electron chi connectivity index (χ0n) is 13.0. The summed E-state index contributed by atoms with van der Waals surface area (Å²) >= 11 is 0. The second kappa shape index (κ2) is 8.57. The monoisotopic (exact) mass is 303 g/mol. The van der Waals surface area contributed by atoms with E-state index in [0.29, 0.717) is 31.2 Å². The molecule has 1 aliphatic carbocycles. The first-order chi connectivity index (χ1) is 10.6. The van der Waals surface area contributed by atoms with Gasteiger partial charge >= 0.3 is 5.97 Å². The van der Waals surface area contributed by atoms with Crippen LogP contribution in [0.15, 0.2) is 30.3 Å². The van der Waals surface area contributed by atoms with Crippen molar-refractivity contribution in [2.24, 2.45) is 5.92 Å². The molecule has 2 rings (SSSR count). The summed E-state index contributed by atoms with van der Waals surface area (Å²) in [4.78, 5) is 22.3. The predicted molar refractivity (Wildman–Crippen MR) is 85.5 cm³/mol. The van der Waals surface area contributed by atoms with Crippen LogP contribution in [0.5, 0.6) is 0 Å². The fourth-order valence-corrected chi connectivity index (χ4v) is 3.20. The lowest BCUT2D eigenvalue weighted by molar-refractivity contribution is -0.137. The number of nitrogens with one attached hydrogen (secondary N) is 1. The van der Waals surface area contributed by atoms with E-state index in [1.54, 1.807) is 0 Å². The molecule has 1 aromatic carbocycles. The number of carboxylic acids is 1. The molecule has 4 heteroatoms. The maximum Gasteiger partial charge on any atom is 0.303 e. The Morgan fingerprint density at radius 3 is 2.55 bits per heavy atom. The van der Waals surface area contributed by atoms with Gasteiger partial charge in [0.1, 0.15) is 0 Å². The van der Waals surface area contributed by atoms with Gasteiger partial charge in [-0.05, 0) is 50.0 Å². The van der Waals surface area contributed by atoms with E-state index in [-0.39, 0.29) is 12.3 Å². The van der Waals surface area contributed by atoms with E-state index in [0.717, 1.165) is 19.3 Å². The van der Waals surface area contributed by atoms with E-state index in [4.69, 9.17) is 5.11 Å². The molecule has 22 heavy (non-hydrogen) atoms. The summed E-state index contributed by atoms with van der Waals surface area (Å²) in [7, 11) is 0. The Balaban J connectivity index is 1.63. The Hall–Kier alpha value is -1.84. The summed E-state index contributed by atoms with van der Waals surface area (Å²) in [6.07, 6.45) is 6.17. The molecule has 2 N–H and O–H groups in total. The van der Waals surface area contributed by atoms with Crippen LogP contribution < -0.4 is 5.32 Å². The van der Waals surface area contributed by atoms with Gasteiger partial charge in [0.2, 0.25) is 5.91 Å². The second-order valence-electron chi connectivity index (χ2n) is 6.23. The number of aliphatic carboxylic acids is 1. The Morgan fingerprint density at radius 1 is 1.09 bits per heavy atom. The van der Waals surface area contributed by atoms with Gasteiger partial charge < -0.3 is 10.4 Å². The fraction of sp³-hybridized carbons (Fsp3) is 0.556. The Bertz CT molecular complexity index is 486. The van der Waals surface area contributed by atoms with E-state index in [1.165, 1.54) is 12.0 Å². The normalized spacial score (nSPS) is 20.7. The number of hydrogen-bond acceptors (Lipinski definition) is 2. The minimum absolute atomic E-state index is 0.0655. The molecule has 1 aliphatic rings. The standard InChI is InChI=1S/C18H25NO3/c20-17(8-4-5-9-18(21)22)19-16-11-10-15(13-16)12-14-6-2-1-3-7-14/h1-3,6-7,15-16H,4-5,8-13H2,(H,19,20)(H,21,22). The zero-order chi connectivity index (χ0) is 15.8. The van der Waals surface area contributed by atoms with Gasteiger partial charge in [0, 0.05) is 18.9 Å². The molecule has 0 aromatic heterocycles. The summed E-state index contributed by atoms with van der Waals surface area (Å²) in [5.41, 5.74) is 1.37. The first kappa shape index (κ1) is 16.5. The van der Waals surface area contributed by atoms with E-state index in [2.05, 4.69) is 29.6 Å². The van der Waals surface area contributed by atoms with Crippen molar-refractivity contribution in [3.63, 3.8) is 0 Å². The highest BCUT2D eigenvalue weighted by Crippen LogP contribution is 2.28. The first-order valence-corrected chi connectivity index (χ1v) is 8.18. The molecule has 0 heterocycles. The highest BCUT2D eigenvalue weighted by molar-refractivity contribution is 5.76. The molecule has 0 saturated heterocycles. The first-order valence-electron chi connectivity index (χ1n) is 8.18. The fourth-order valence-electron chi connectivity index (χ4n) is 3.20. The largest absolute Gasteiger partial charge is 0.481 e. The van der Waals surface area contributed by atoms with Crippen LogP contribution in [0.4, 0.5) is 0 Å². The van der Waals surface area contributed by atoms with Crippen molar-refractivity contribution in [1.82, 2.24) is 5.32 Å². The molecule has 1 aromatic rings. The lowest BCUT2D eigenvalue weighted by atomic mass is 9.98. The molecule has 1 fully saturated rings. The lowest BCUT2D eigenvalue weighted by Gasteiger charge is -2.13. The number of carbonyl (C=O) groups excluding carboxylic acids is 1. The minimum Gasteiger partial charge on any atom is -0.481 e. The quantitative estimate of drug-likeness (QED) is 0.725. The van der Waals surface area contributed by atoms with Crippen LogP contribution in [0.2, 0.25) is 0 Å². The molecule has 4 nitrogen and oxygen atoms in total. The van der Waals surface area contributed by atoms with E-state index < -0.39 is 5.97 Å². The van der Waals surface area contributed by atoms with Crippen LogP contribution >= 0.6 is 0 Å². The van der Waals surface area contributed by atoms with Gasteiger partial charge in [-0.25, -0.2) is 0 Å². The molecule has 120 valence electrons. The Labute approximate surface area is 131 Å². The minimum atomic E-state index is -0.792.